The van der Waals surface area contributed by atoms with Gasteiger partial charge >= 0.3 is 0 Å². The van der Waals surface area contributed by atoms with Gasteiger partial charge in [-0.25, -0.2) is 13.8 Å². The van der Waals surface area contributed by atoms with Crippen LogP contribution in [0.25, 0.3) is 54.2 Å². The number of benzene rings is 9. The van der Waals surface area contributed by atoms with Gasteiger partial charge in [-0.1, -0.05) is 135 Å². The Kier molecular flexibility index (Phi) is 7.26. The molecule has 0 amide bonds. The number of hydrogen-bond donors (Lipinski definition) is 0. The topological polar surface area (TPSA) is 19.4 Å². The van der Waals surface area contributed by atoms with Gasteiger partial charge in [0.05, 0.1) is 17.1 Å². The van der Waals surface area contributed by atoms with E-state index in [1.165, 1.54) is 22.8 Å². The average Bonchev–Trinajstić information content (AvgIpc) is 3.48. The molecule has 11 rings (SSSR count). The molecule has 5 heteroatoms. The van der Waals surface area contributed by atoms with Crippen LogP contribution in [-0.4, -0.2) is 4.98 Å². The van der Waals surface area contributed by atoms with Crippen LogP contribution in [0.3, 0.4) is 0 Å². The van der Waals surface area contributed by atoms with Crippen LogP contribution in [0.15, 0.2) is 176 Å². The number of rotatable bonds is 6. The maximum Gasteiger partial charge on any atom is 0.174 e. The predicted octanol–water partition coefficient (Wildman–Crippen LogP) is 14.7. The molecule has 0 atom stereocenters. The molecule has 1 aliphatic carbocycles. The molecule has 0 saturated heterocycles. The number of pyridine rings is 1. The van der Waals surface area contributed by atoms with Crippen molar-refractivity contribution in [3.8, 4) is 11.1 Å². The molecule has 10 aromatic rings. The summed E-state index contributed by atoms with van der Waals surface area (Å²) in [5.74, 6) is -0.450. The Morgan fingerprint density at radius 3 is 1.84 bits per heavy atom. The molecule has 0 aliphatic heterocycles. The van der Waals surface area contributed by atoms with Crippen LogP contribution in [0, 0.1) is 11.6 Å². The molecule has 9 aromatic carbocycles. The summed E-state index contributed by atoms with van der Waals surface area (Å²) in [6, 6.07) is 56.4. The van der Waals surface area contributed by atoms with Crippen molar-refractivity contribution >= 4 is 77.3 Å². The fraction of sp³-hybridized carbons (Fsp3) is 0.0577. The van der Waals surface area contributed by atoms with Crippen LogP contribution >= 0.6 is 0 Å². The third-order valence-corrected chi connectivity index (χ3v) is 11.9. The molecule has 0 bridgehead atoms. The molecule has 0 spiro atoms. The molecule has 0 fully saturated rings. The number of anilines is 6. The summed E-state index contributed by atoms with van der Waals surface area (Å²) in [4.78, 5) is 8.90. The fourth-order valence-electron chi connectivity index (χ4n) is 9.33. The van der Waals surface area contributed by atoms with Gasteiger partial charge in [0, 0.05) is 50.1 Å². The summed E-state index contributed by atoms with van der Waals surface area (Å²) >= 11 is 0. The highest BCUT2D eigenvalue weighted by Crippen LogP contribution is 2.55. The first-order chi connectivity index (χ1) is 27.9. The smallest absolute Gasteiger partial charge is 0.174 e. The molecular formula is C52H35F2N3. The van der Waals surface area contributed by atoms with E-state index in [0.717, 1.165) is 71.7 Å². The Balaban J connectivity index is 1.19. The fourth-order valence-corrected chi connectivity index (χ4v) is 9.33. The zero-order valence-electron chi connectivity index (χ0n) is 31.3. The van der Waals surface area contributed by atoms with E-state index in [-0.39, 0.29) is 22.9 Å². The maximum atomic E-state index is 16.7. The third kappa shape index (κ3) is 4.91. The van der Waals surface area contributed by atoms with Gasteiger partial charge in [-0.15, -0.1) is 0 Å². The molecular weight excluding hydrogens is 705 g/mol. The maximum absolute atomic E-state index is 16.7. The Hall–Kier alpha value is -7.11. The zero-order chi connectivity index (χ0) is 38.4. The zero-order valence-corrected chi connectivity index (χ0v) is 31.3. The van der Waals surface area contributed by atoms with E-state index in [9.17, 15) is 0 Å². The van der Waals surface area contributed by atoms with Crippen molar-refractivity contribution in [2.24, 2.45) is 0 Å². The molecule has 1 aliphatic rings. The molecule has 1 aromatic heterocycles. The van der Waals surface area contributed by atoms with Crippen LogP contribution in [0.5, 0.6) is 0 Å². The number of halogens is 2. The van der Waals surface area contributed by atoms with Crippen molar-refractivity contribution < 1.29 is 8.78 Å². The van der Waals surface area contributed by atoms with Crippen molar-refractivity contribution in [1.82, 2.24) is 4.98 Å². The lowest BCUT2D eigenvalue weighted by Crippen LogP contribution is -2.16. The number of para-hydroxylation sites is 1. The van der Waals surface area contributed by atoms with Gasteiger partial charge in [-0.3, -0.25) is 4.90 Å². The summed E-state index contributed by atoms with van der Waals surface area (Å²) < 4.78 is 32.0. The van der Waals surface area contributed by atoms with Crippen LogP contribution in [0.4, 0.5) is 43.0 Å². The molecule has 0 unspecified atom stereocenters. The van der Waals surface area contributed by atoms with Gasteiger partial charge in [0.25, 0.3) is 0 Å². The van der Waals surface area contributed by atoms with Crippen LogP contribution in [0.1, 0.15) is 25.0 Å². The highest BCUT2D eigenvalue weighted by Gasteiger charge is 2.38. The Labute approximate surface area is 329 Å². The van der Waals surface area contributed by atoms with Crippen molar-refractivity contribution in [3.63, 3.8) is 0 Å². The average molecular weight is 740 g/mol. The van der Waals surface area contributed by atoms with Crippen molar-refractivity contribution in [3.05, 3.63) is 199 Å². The summed E-state index contributed by atoms with van der Waals surface area (Å²) in [5, 5.41) is 7.54. The van der Waals surface area contributed by atoms with E-state index in [1.54, 1.807) is 24.4 Å². The lowest BCUT2D eigenvalue weighted by molar-refractivity contribution is 0.628. The standard InChI is InChI=1S/C52H35F2N3/c1-52(2)42-19-9-8-18-39(42)49-43(52)20-11-21-46(49)56(37-16-10-13-35(53)30-37)44-28-24-32-23-27-41-45(29-25-33-22-26-40(44)47(32)48(33)41)57(36-14-4-3-5-15-36)51-50(54)38-17-7-6-12-34(38)31-55-51/h3-31H,1-2H3. The summed E-state index contributed by atoms with van der Waals surface area (Å²) in [7, 11) is 0. The Morgan fingerprint density at radius 2 is 1.09 bits per heavy atom. The lowest BCUT2D eigenvalue weighted by Gasteiger charge is -2.31. The van der Waals surface area contributed by atoms with Gasteiger partial charge in [0.2, 0.25) is 0 Å². The monoisotopic (exact) mass is 739 g/mol. The molecule has 272 valence electrons. The van der Waals surface area contributed by atoms with Crippen LogP contribution in [0.2, 0.25) is 0 Å². The van der Waals surface area contributed by atoms with E-state index in [1.807, 2.05) is 59.5 Å². The predicted molar refractivity (Wildman–Crippen MR) is 232 cm³/mol. The molecule has 57 heavy (non-hydrogen) atoms. The van der Waals surface area contributed by atoms with Crippen LogP contribution in [-0.2, 0) is 5.41 Å². The second-order valence-electron chi connectivity index (χ2n) is 15.4. The number of aromatic nitrogens is 1. The minimum absolute atomic E-state index is 0.210. The minimum atomic E-state index is -0.379. The van der Waals surface area contributed by atoms with E-state index in [0.29, 0.717) is 5.39 Å². The molecule has 0 saturated carbocycles. The van der Waals surface area contributed by atoms with Crippen molar-refractivity contribution in [2.75, 3.05) is 9.80 Å². The molecule has 0 radical (unpaired) electrons. The van der Waals surface area contributed by atoms with E-state index >= 15 is 8.78 Å². The van der Waals surface area contributed by atoms with Gasteiger partial charge in [-0.2, -0.15) is 0 Å². The normalized spacial score (nSPS) is 13.1. The number of fused-ring (bicyclic) bond motifs is 4. The first-order valence-corrected chi connectivity index (χ1v) is 19.3. The van der Waals surface area contributed by atoms with E-state index < -0.39 is 0 Å². The quantitative estimate of drug-likeness (QED) is 0.158. The third-order valence-electron chi connectivity index (χ3n) is 11.9. The SMILES string of the molecule is CC1(C)c2ccccc2-c2c(N(c3cccc(F)c3)c3ccc4ccc5c(N(c6ccccc6)c6ncc7ccccc7c6F)ccc6ccc3c4c65)cccc21. The summed E-state index contributed by atoms with van der Waals surface area (Å²) in [6.07, 6.45) is 1.74. The van der Waals surface area contributed by atoms with E-state index in [2.05, 4.69) is 110 Å². The van der Waals surface area contributed by atoms with Crippen molar-refractivity contribution in [1.29, 1.82) is 0 Å². The molecule has 0 N–H and O–H groups in total. The van der Waals surface area contributed by atoms with Crippen molar-refractivity contribution in [2.45, 2.75) is 19.3 Å². The highest BCUT2D eigenvalue weighted by molar-refractivity contribution is 6.28. The lowest BCUT2D eigenvalue weighted by atomic mass is 9.82. The number of hydrogen-bond acceptors (Lipinski definition) is 3. The molecule has 3 nitrogen and oxygen atoms in total. The number of nitrogens with zero attached hydrogens (tertiary/aromatic N) is 3. The second-order valence-corrected chi connectivity index (χ2v) is 15.4. The van der Waals surface area contributed by atoms with Gasteiger partial charge < -0.3 is 4.90 Å². The Bertz CT molecular complexity index is 3210. The largest absolute Gasteiger partial charge is 0.309 e. The molecule has 1 heterocycles. The minimum Gasteiger partial charge on any atom is -0.309 e. The van der Waals surface area contributed by atoms with Gasteiger partial charge in [-0.05, 0) is 86.8 Å². The van der Waals surface area contributed by atoms with Crippen LogP contribution < -0.4 is 9.80 Å². The van der Waals surface area contributed by atoms with Gasteiger partial charge in [0.1, 0.15) is 5.82 Å². The van der Waals surface area contributed by atoms with Gasteiger partial charge in [0.15, 0.2) is 11.6 Å². The highest BCUT2D eigenvalue weighted by atomic mass is 19.1. The summed E-state index contributed by atoms with van der Waals surface area (Å²) in [6.45, 7) is 4.56. The Morgan fingerprint density at radius 1 is 0.474 bits per heavy atom. The first-order valence-electron chi connectivity index (χ1n) is 19.3. The second kappa shape index (κ2) is 12.5. The first kappa shape index (κ1) is 33.2. The van der Waals surface area contributed by atoms with E-state index in [4.69, 9.17) is 4.98 Å². The summed E-state index contributed by atoms with van der Waals surface area (Å²) in [5.41, 5.74) is 8.91.